The molecule has 3 nitrogen and oxygen atoms in total. The van der Waals surface area contributed by atoms with E-state index in [0.29, 0.717) is 11.5 Å². The first-order chi connectivity index (χ1) is 7.29. The van der Waals surface area contributed by atoms with Crippen LogP contribution in [0.25, 0.3) is 0 Å². The summed E-state index contributed by atoms with van der Waals surface area (Å²) in [5, 5.41) is 3.54. The van der Waals surface area contributed by atoms with Gasteiger partial charge in [-0.05, 0) is 25.8 Å². The summed E-state index contributed by atoms with van der Waals surface area (Å²) in [6.45, 7) is 6.92. The molecule has 1 atom stereocenters. The normalized spacial score (nSPS) is 29.8. The molecular formula is C12H23NO2. The average Bonchev–Trinajstić information content (AvgIpc) is 2.23. The predicted octanol–water partition coefficient (Wildman–Crippen LogP) is 1.57. The fourth-order valence-corrected chi connectivity index (χ4v) is 2.25. The van der Waals surface area contributed by atoms with Gasteiger partial charge in [-0.1, -0.05) is 13.3 Å². The van der Waals surface area contributed by atoms with Crippen molar-refractivity contribution in [3.05, 3.63) is 0 Å². The van der Waals surface area contributed by atoms with Crippen LogP contribution < -0.4 is 5.32 Å². The number of hydrogen-bond acceptors (Lipinski definition) is 3. The van der Waals surface area contributed by atoms with E-state index < -0.39 is 0 Å². The Morgan fingerprint density at radius 3 is 2.87 bits per heavy atom. The first-order valence-electron chi connectivity index (χ1n) is 6.17. The molecule has 1 N–H and O–H groups in total. The van der Waals surface area contributed by atoms with Crippen LogP contribution in [0.15, 0.2) is 0 Å². The second-order valence-electron chi connectivity index (χ2n) is 5.29. The highest BCUT2D eigenvalue weighted by atomic mass is 16.5. The molecular weight excluding hydrogens is 190 g/mol. The van der Waals surface area contributed by atoms with Crippen LogP contribution in [-0.4, -0.2) is 39.0 Å². The minimum Gasteiger partial charge on any atom is -0.381 e. The second-order valence-corrected chi connectivity index (χ2v) is 5.29. The molecule has 0 aliphatic carbocycles. The van der Waals surface area contributed by atoms with Crippen molar-refractivity contribution in [2.24, 2.45) is 5.41 Å². The Morgan fingerprint density at radius 2 is 2.27 bits per heavy atom. The lowest BCUT2D eigenvalue weighted by atomic mass is 9.90. The van der Waals surface area contributed by atoms with E-state index in [1.54, 1.807) is 0 Å². The van der Waals surface area contributed by atoms with E-state index >= 15 is 0 Å². The molecule has 15 heavy (non-hydrogen) atoms. The molecule has 0 saturated carbocycles. The summed E-state index contributed by atoms with van der Waals surface area (Å²) in [7, 11) is 0. The lowest BCUT2D eigenvalue weighted by Crippen LogP contribution is -2.44. The number of rotatable bonds is 5. The fraction of sp³-hybridized carbons (Fsp3) is 1.00. The molecule has 0 aromatic rings. The highest BCUT2D eigenvalue weighted by molar-refractivity contribution is 4.80. The van der Waals surface area contributed by atoms with E-state index in [9.17, 15) is 0 Å². The first-order valence-corrected chi connectivity index (χ1v) is 6.17. The summed E-state index contributed by atoms with van der Waals surface area (Å²) in [4.78, 5) is 0. The van der Waals surface area contributed by atoms with Gasteiger partial charge in [0.15, 0.2) is 0 Å². The lowest BCUT2D eigenvalue weighted by Gasteiger charge is -2.37. The van der Waals surface area contributed by atoms with Crippen LogP contribution in [0.5, 0.6) is 0 Å². The van der Waals surface area contributed by atoms with Gasteiger partial charge >= 0.3 is 0 Å². The van der Waals surface area contributed by atoms with E-state index in [0.717, 1.165) is 32.8 Å². The van der Waals surface area contributed by atoms with Crippen LogP contribution in [0, 0.1) is 5.41 Å². The Morgan fingerprint density at radius 1 is 1.40 bits per heavy atom. The topological polar surface area (TPSA) is 30.5 Å². The van der Waals surface area contributed by atoms with Gasteiger partial charge in [-0.15, -0.1) is 0 Å². The summed E-state index contributed by atoms with van der Waals surface area (Å²) in [5.41, 5.74) is 0.306. The van der Waals surface area contributed by atoms with Crippen LogP contribution in [0.1, 0.15) is 32.6 Å². The Balaban J connectivity index is 1.50. The molecule has 2 fully saturated rings. The molecule has 2 heterocycles. The van der Waals surface area contributed by atoms with Gasteiger partial charge in [-0.3, -0.25) is 0 Å². The van der Waals surface area contributed by atoms with Crippen molar-refractivity contribution < 1.29 is 9.47 Å². The van der Waals surface area contributed by atoms with E-state index in [4.69, 9.17) is 9.47 Å². The third kappa shape index (κ3) is 3.44. The summed E-state index contributed by atoms with van der Waals surface area (Å²) >= 11 is 0. The third-order valence-electron chi connectivity index (χ3n) is 3.37. The molecule has 2 aliphatic rings. The molecule has 1 unspecified atom stereocenters. The molecule has 0 radical (unpaired) electrons. The Hall–Kier alpha value is -0.120. The molecule has 3 heteroatoms. The zero-order valence-corrected chi connectivity index (χ0v) is 9.76. The van der Waals surface area contributed by atoms with Gasteiger partial charge < -0.3 is 14.8 Å². The van der Waals surface area contributed by atoms with E-state index in [1.165, 1.54) is 25.8 Å². The molecule has 88 valence electrons. The van der Waals surface area contributed by atoms with E-state index in [1.807, 2.05) is 0 Å². The summed E-state index contributed by atoms with van der Waals surface area (Å²) in [5.74, 6) is 0. The number of piperidine rings is 1. The predicted molar refractivity (Wildman–Crippen MR) is 60.0 cm³/mol. The molecule has 2 rings (SSSR count). The van der Waals surface area contributed by atoms with Gasteiger partial charge in [-0.25, -0.2) is 0 Å². The number of hydrogen-bond donors (Lipinski definition) is 1. The summed E-state index contributed by atoms with van der Waals surface area (Å²) < 4.78 is 10.9. The van der Waals surface area contributed by atoms with Crippen LogP contribution in [0.3, 0.4) is 0 Å². The smallest absolute Gasteiger partial charge is 0.0564 e. The number of nitrogens with one attached hydrogen (secondary N) is 1. The largest absolute Gasteiger partial charge is 0.381 e. The van der Waals surface area contributed by atoms with Crippen molar-refractivity contribution in [1.29, 1.82) is 0 Å². The van der Waals surface area contributed by atoms with E-state index in [2.05, 4.69) is 12.2 Å². The molecule has 0 amide bonds. The molecule has 0 bridgehead atoms. The van der Waals surface area contributed by atoms with Gasteiger partial charge in [0, 0.05) is 18.1 Å². The van der Waals surface area contributed by atoms with Crippen LogP contribution in [0.4, 0.5) is 0 Å². The number of ether oxygens (including phenoxy) is 2. The van der Waals surface area contributed by atoms with Crippen molar-refractivity contribution >= 4 is 0 Å². The Kier molecular flexibility index (Phi) is 4.00. The monoisotopic (exact) mass is 213 g/mol. The molecule has 2 aliphatic heterocycles. The van der Waals surface area contributed by atoms with Crippen molar-refractivity contribution in [2.45, 2.75) is 38.6 Å². The van der Waals surface area contributed by atoms with Gasteiger partial charge in [-0.2, -0.15) is 0 Å². The SMILES string of the molecule is CC1(COCCC2CCCCN2)COC1. The van der Waals surface area contributed by atoms with Crippen LogP contribution >= 0.6 is 0 Å². The van der Waals surface area contributed by atoms with Crippen LogP contribution in [0.2, 0.25) is 0 Å². The molecule has 0 aromatic heterocycles. The second kappa shape index (κ2) is 5.28. The summed E-state index contributed by atoms with van der Waals surface area (Å²) in [6.07, 6.45) is 5.21. The van der Waals surface area contributed by atoms with Gasteiger partial charge in [0.05, 0.1) is 19.8 Å². The van der Waals surface area contributed by atoms with Crippen molar-refractivity contribution in [3.8, 4) is 0 Å². The molecule has 0 spiro atoms. The standard InChI is InChI=1S/C12H23NO2/c1-12(9-15-10-12)8-14-7-5-11-4-2-3-6-13-11/h11,13H,2-10H2,1H3. The van der Waals surface area contributed by atoms with Crippen molar-refractivity contribution in [2.75, 3.05) is 33.0 Å². The minimum absolute atomic E-state index is 0.306. The maximum absolute atomic E-state index is 5.72. The molecule has 0 aromatic carbocycles. The third-order valence-corrected chi connectivity index (χ3v) is 3.37. The van der Waals surface area contributed by atoms with Crippen molar-refractivity contribution in [1.82, 2.24) is 5.32 Å². The first kappa shape index (κ1) is 11.4. The van der Waals surface area contributed by atoms with Gasteiger partial charge in [0.1, 0.15) is 0 Å². The van der Waals surface area contributed by atoms with Gasteiger partial charge in [0.25, 0.3) is 0 Å². The maximum Gasteiger partial charge on any atom is 0.0564 e. The highest BCUT2D eigenvalue weighted by Gasteiger charge is 2.33. The maximum atomic E-state index is 5.72. The Bertz CT molecular complexity index is 186. The minimum atomic E-state index is 0.306. The zero-order chi connectivity index (χ0) is 10.6. The Labute approximate surface area is 92.5 Å². The fourth-order valence-electron chi connectivity index (χ4n) is 2.25. The average molecular weight is 213 g/mol. The zero-order valence-electron chi connectivity index (χ0n) is 9.76. The quantitative estimate of drug-likeness (QED) is 0.703. The summed E-state index contributed by atoms with van der Waals surface area (Å²) in [6, 6.07) is 0.698. The highest BCUT2D eigenvalue weighted by Crippen LogP contribution is 2.26. The lowest BCUT2D eigenvalue weighted by molar-refractivity contribution is -0.138. The van der Waals surface area contributed by atoms with Crippen LogP contribution in [-0.2, 0) is 9.47 Å². The molecule has 2 saturated heterocycles. The van der Waals surface area contributed by atoms with E-state index in [-0.39, 0.29) is 0 Å². The van der Waals surface area contributed by atoms with Gasteiger partial charge in [0.2, 0.25) is 0 Å². The van der Waals surface area contributed by atoms with Crippen molar-refractivity contribution in [3.63, 3.8) is 0 Å².